The van der Waals surface area contributed by atoms with Crippen LogP contribution < -0.4 is 5.32 Å². The first-order valence-electron chi connectivity index (χ1n) is 9.31. The first-order chi connectivity index (χ1) is 13.1. The Morgan fingerprint density at radius 3 is 2.81 bits per heavy atom. The smallest absolute Gasteiger partial charge is 0.306 e. The van der Waals surface area contributed by atoms with Crippen LogP contribution in [0.4, 0.5) is 5.13 Å². The Morgan fingerprint density at radius 2 is 2.07 bits per heavy atom. The molecule has 2 aromatic rings. The van der Waals surface area contributed by atoms with Gasteiger partial charge in [0.2, 0.25) is 0 Å². The number of anilines is 1. The summed E-state index contributed by atoms with van der Waals surface area (Å²) in [6.07, 6.45) is 4.18. The largest absolute Gasteiger partial charge is 0.456 e. The second-order valence-corrected chi connectivity index (χ2v) is 8.73. The highest BCUT2D eigenvalue weighted by atomic mass is 32.1. The number of likely N-dealkylation sites (tertiary alicyclic amines) is 1. The molecule has 1 fully saturated rings. The van der Waals surface area contributed by atoms with E-state index in [4.69, 9.17) is 4.74 Å². The van der Waals surface area contributed by atoms with Crippen LogP contribution in [0.5, 0.6) is 0 Å². The quantitative estimate of drug-likeness (QED) is 0.530. The number of ether oxygens (including phenoxy) is 1. The highest BCUT2D eigenvalue weighted by molar-refractivity contribution is 7.16. The Hall–Kier alpha value is -1.93. The minimum absolute atomic E-state index is 0.0831. The Balaban J connectivity index is 1.31. The fourth-order valence-corrected chi connectivity index (χ4v) is 4.56. The van der Waals surface area contributed by atoms with Crippen LogP contribution in [0.15, 0.2) is 17.5 Å². The highest BCUT2D eigenvalue weighted by Crippen LogP contribution is 2.30. The van der Waals surface area contributed by atoms with E-state index in [1.807, 2.05) is 5.38 Å². The first kappa shape index (κ1) is 19.8. The number of amides is 1. The van der Waals surface area contributed by atoms with E-state index in [2.05, 4.69) is 29.4 Å². The molecule has 0 aliphatic carbocycles. The summed E-state index contributed by atoms with van der Waals surface area (Å²) in [7, 11) is 0. The maximum Gasteiger partial charge on any atom is 0.306 e. The number of piperidine rings is 1. The molecule has 27 heavy (non-hydrogen) atoms. The maximum absolute atomic E-state index is 12.0. The van der Waals surface area contributed by atoms with E-state index in [1.165, 1.54) is 16.2 Å². The predicted octanol–water partition coefficient (Wildman–Crippen LogP) is 3.93. The zero-order valence-electron chi connectivity index (χ0n) is 15.5. The van der Waals surface area contributed by atoms with Crippen LogP contribution in [-0.4, -0.2) is 48.0 Å². The molecule has 2 aromatic heterocycles. The van der Waals surface area contributed by atoms with Crippen LogP contribution >= 0.6 is 22.7 Å². The summed E-state index contributed by atoms with van der Waals surface area (Å²) < 4.78 is 5.10. The van der Waals surface area contributed by atoms with Crippen molar-refractivity contribution in [3.63, 3.8) is 0 Å². The lowest BCUT2D eigenvalue weighted by Crippen LogP contribution is -2.38. The lowest BCUT2D eigenvalue weighted by molar-refractivity contribution is -0.152. The van der Waals surface area contributed by atoms with Crippen LogP contribution in [0.2, 0.25) is 0 Å². The summed E-state index contributed by atoms with van der Waals surface area (Å²) in [4.78, 5) is 32.6. The predicted molar refractivity (Wildman–Crippen MR) is 109 cm³/mol. The standard InChI is InChI=1S/C19H25N3O3S2/c1-14-7-8-16(27-14)15-13-26-19(21-15)20-9-5-6-18(24)25-12-17(23)22-10-3-2-4-11-22/h7-8,13H,2-6,9-12H2,1H3,(H,20,21). The van der Waals surface area contributed by atoms with Crippen molar-refractivity contribution in [2.45, 2.75) is 39.0 Å². The Bertz CT molecular complexity index is 766. The van der Waals surface area contributed by atoms with Crippen molar-refractivity contribution in [2.24, 2.45) is 0 Å². The average Bonchev–Trinajstić information content (AvgIpc) is 3.33. The second kappa shape index (κ2) is 9.85. The van der Waals surface area contributed by atoms with Crippen LogP contribution in [0.3, 0.4) is 0 Å². The molecule has 0 atom stereocenters. The van der Waals surface area contributed by atoms with Crippen molar-refractivity contribution >= 4 is 39.7 Å². The molecule has 3 rings (SSSR count). The second-order valence-electron chi connectivity index (χ2n) is 6.58. The Morgan fingerprint density at radius 1 is 1.26 bits per heavy atom. The maximum atomic E-state index is 12.0. The molecule has 1 amide bonds. The van der Waals surface area contributed by atoms with Crippen LogP contribution in [0.25, 0.3) is 10.6 Å². The van der Waals surface area contributed by atoms with Gasteiger partial charge in [-0.1, -0.05) is 0 Å². The molecule has 8 heteroatoms. The number of hydrogen-bond donors (Lipinski definition) is 1. The third-order valence-electron chi connectivity index (χ3n) is 4.40. The van der Waals surface area contributed by atoms with Gasteiger partial charge in [-0.25, -0.2) is 4.98 Å². The number of nitrogens with zero attached hydrogens (tertiary/aromatic N) is 2. The number of carbonyl (C=O) groups is 2. The third kappa shape index (κ3) is 6.04. The van der Waals surface area contributed by atoms with Crippen molar-refractivity contribution in [3.05, 3.63) is 22.4 Å². The van der Waals surface area contributed by atoms with Crippen LogP contribution in [0.1, 0.15) is 37.0 Å². The van der Waals surface area contributed by atoms with Gasteiger partial charge in [-0.15, -0.1) is 22.7 Å². The van der Waals surface area contributed by atoms with Gasteiger partial charge in [0.05, 0.1) is 10.6 Å². The zero-order chi connectivity index (χ0) is 19.1. The molecule has 0 aromatic carbocycles. The summed E-state index contributed by atoms with van der Waals surface area (Å²) in [6.45, 7) is 4.15. The normalized spacial score (nSPS) is 14.2. The average molecular weight is 408 g/mol. The molecule has 1 N–H and O–H groups in total. The van der Waals surface area contributed by atoms with Gasteiger partial charge in [0.25, 0.3) is 5.91 Å². The summed E-state index contributed by atoms with van der Waals surface area (Å²) >= 11 is 3.29. The summed E-state index contributed by atoms with van der Waals surface area (Å²) in [6, 6.07) is 4.17. The van der Waals surface area contributed by atoms with Gasteiger partial charge in [0.1, 0.15) is 0 Å². The lowest BCUT2D eigenvalue weighted by Gasteiger charge is -2.26. The van der Waals surface area contributed by atoms with E-state index in [9.17, 15) is 9.59 Å². The van der Waals surface area contributed by atoms with Gasteiger partial charge >= 0.3 is 5.97 Å². The lowest BCUT2D eigenvalue weighted by atomic mass is 10.1. The summed E-state index contributed by atoms with van der Waals surface area (Å²) in [5, 5.41) is 6.13. The fourth-order valence-electron chi connectivity index (χ4n) is 2.92. The molecule has 1 saturated heterocycles. The fraction of sp³-hybridized carbons (Fsp3) is 0.526. The van der Waals surface area contributed by atoms with Gasteiger partial charge in [-0.05, 0) is 44.7 Å². The van der Waals surface area contributed by atoms with Gasteiger partial charge in [0, 0.05) is 36.3 Å². The van der Waals surface area contributed by atoms with E-state index in [0.717, 1.165) is 36.8 Å². The molecular formula is C19H25N3O3S2. The number of carbonyl (C=O) groups excluding carboxylic acids is 2. The van der Waals surface area contributed by atoms with E-state index in [0.29, 0.717) is 19.4 Å². The van der Waals surface area contributed by atoms with Gasteiger partial charge in [0.15, 0.2) is 11.7 Å². The van der Waals surface area contributed by atoms with Crippen molar-refractivity contribution < 1.29 is 14.3 Å². The topological polar surface area (TPSA) is 71.5 Å². The number of nitrogens with one attached hydrogen (secondary N) is 1. The zero-order valence-corrected chi connectivity index (χ0v) is 17.2. The SMILES string of the molecule is Cc1ccc(-c2csc(NCCCC(=O)OCC(=O)N3CCCCC3)n2)s1. The first-order valence-corrected chi connectivity index (χ1v) is 11.0. The van der Waals surface area contributed by atoms with Crippen molar-refractivity contribution in [1.29, 1.82) is 0 Å². The number of thiazole rings is 1. The Labute approximate surface area is 167 Å². The number of aromatic nitrogens is 1. The third-order valence-corrected chi connectivity index (χ3v) is 6.22. The molecule has 146 valence electrons. The molecule has 0 spiro atoms. The number of esters is 1. The van der Waals surface area contributed by atoms with Gasteiger partial charge in [-0.3, -0.25) is 9.59 Å². The van der Waals surface area contributed by atoms with Crippen LogP contribution in [-0.2, 0) is 14.3 Å². The number of aryl methyl sites for hydroxylation is 1. The molecule has 0 saturated carbocycles. The molecule has 0 radical (unpaired) electrons. The number of rotatable bonds is 8. The van der Waals surface area contributed by atoms with Crippen molar-refractivity contribution in [1.82, 2.24) is 9.88 Å². The van der Waals surface area contributed by atoms with E-state index in [1.54, 1.807) is 27.6 Å². The van der Waals surface area contributed by atoms with E-state index >= 15 is 0 Å². The molecule has 0 unspecified atom stereocenters. The molecular weight excluding hydrogens is 382 g/mol. The Kier molecular flexibility index (Phi) is 7.23. The van der Waals surface area contributed by atoms with Crippen molar-refractivity contribution in [3.8, 4) is 10.6 Å². The van der Waals surface area contributed by atoms with Crippen LogP contribution in [0, 0.1) is 6.92 Å². The molecule has 3 heterocycles. The van der Waals surface area contributed by atoms with E-state index in [-0.39, 0.29) is 18.5 Å². The van der Waals surface area contributed by atoms with E-state index < -0.39 is 0 Å². The number of thiophene rings is 1. The highest BCUT2D eigenvalue weighted by Gasteiger charge is 2.17. The number of hydrogen-bond acceptors (Lipinski definition) is 7. The van der Waals surface area contributed by atoms with Crippen molar-refractivity contribution in [2.75, 3.05) is 31.6 Å². The monoisotopic (exact) mass is 407 g/mol. The van der Waals surface area contributed by atoms with Gasteiger partial charge in [-0.2, -0.15) is 0 Å². The minimum Gasteiger partial charge on any atom is -0.456 e. The molecule has 1 aliphatic rings. The summed E-state index contributed by atoms with van der Waals surface area (Å²) in [5.74, 6) is -0.406. The minimum atomic E-state index is -0.323. The van der Waals surface area contributed by atoms with Gasteiger partial charge < -0.3 is 15.0 Å². The molecule has 0 bridgehead atoms. The summed E-state index contributed by atoms with van der Waals surface area (Å²) in [5.41, 5.74) is 0.983. The molecule has 6 nitrogen and oxygen atoms in total. The molecule has 1 aliphatic heterocycles.